The highest BCUT2D eigenvalue weighted by Crippen LogP contribution is 2.32. The van der Waals surface area contributed by atoms with Crippen LogP contribution in [0.3, 0.4) is 0 Å². The first-order valence-corrected chi connectivity index (χ1v) is 9.97. The molecule has 0 amide bonds. The predicted molar refractivity (Wildman–Crippen MR) is 110 cm³/mol. The van der Waals surface area contributed by atoms with Gasteiger partial charge in [0.1, 0.15) is 5.82 Å². The summed E-state index contributed by atoms with van der Waals surface area (Å²) < 4.78 is 0. The van der Waals surface area contributed by atoms with Crippen molar-refractivity contribution in [3.05, 3.63) is 28.8 Å². The van der Waals surface area contributed by atoms with Crippen LogP contribution in [0.4, 0.5) is 17.6 Å². The molecule has 2 aromatic heterocycles. The lowest BCUT2D eigenvalue weighted by Gasteiger charge is -2.36. The minimum atomic E-state index is -0.205. The summed E-state index contributed by atoms with van der Waals surface area (Å²) in [6, 6.07) is 0. The molecule has 2 aromatic rings. The van der Waals surface area contributed by atoms with Gasteiger partial charge in [-0.1, -0.05) is 0 Å². The van der Waals surface area contributed by atoms with Gasteiger partial charge in [-0.15, -0.1) is 0 Å². The second-order valence-corrected chi connectivity index (χ2v) is 7.98. The van der Waals surface area contributed by atoms with E-state index in [2.05, 4.69) is 14.8 Å². The van der Waals surface area contributed by atoms with Crippen LogP contribution in [-0.4, -0.2) is 64.9 Å². The maximum Gasteiger partial charge on any atom is 0.227 e. The van der Waals surface area contributed by atoms with Crippen LogP contribution in [0.1, 0.15) is 35.5 Å². The highest BCUT2D eigenvalue weighted by atomic mass is 16.3. The van der Waals surface area contributed by atoms with Crippen LogP contribution >= 0.6 is 0 Å². The molecule has 1 N–H and O–H groups in total. The van der Waals surface area contributed by atoms with E-state index in [0.29, 0.717) is 0 Å². The van der Waals surface area contributed by atoms with Crippen molar-refractivity contribution >= 4 is 17.6 Å². The first kappa shape index (κ1) is 18.9. The molecule has 1 saturated heterocycles. The summed E-state index contributed by atoms with van der Waals surface area (Å²) in [7, 11) is 3.96. The molecule has 0 atom stereocenters. The van der Waals surface area contributed by atoms with E-state index in [9.17, 15) is 5.11 Å². The van der Waals surface area contributed by atoms with Crippen molar-refractivity contribution in [2.45, 2.75) is 45.8 Å². The molecule has 8 heteroatoms. The number of aliphatic hydroxyl groups excluding tert-OH is 1. The van der Waals surface area contributed by atoms with E-state index < -0.39 is 0 Å². The molecule has 150 valence electrons. The van der Waals surface area contributed by atoms with Gasteiger partial charge in [-0.3, -0.25) is 4.98 Å². The first-order chi connectivity index (χ1) is 13.4. The van der Waals surface area contributed by atoms with Crippen LogP contribution in [0.5, 0.6) is 0 Å². The van der Waals surface area contributed by atoms with Crippen LogP contribution < -0.4 is 14.7 Å². The number of hydrogen-bond acceptors (Lipinski definition) is 8. The Labute approximate surface area is 166 Å². The normalized spacial score (nSPS) is 17.6. The van der Waals surface area contributed by atoms with Crippen LogP contribution in [0.25, 0.3) is 0 Å². The summed E-state index contributed by atoms with van der Waals surface area (Å²) in [5.74, 6) is 2.70. The molecule has 2 aliphatic heterocycles. The Morgan fingerprint density at radius 1 is 1.00 bits per heavy atom. The van der Waals surface area contributed by atoms with Crippen LogP contribution in [0.15, 0.2) is 6.20 Å². The summed E-state index contributed by atoms with van der Waals surface area (Å²) in [6.07, 6.45) is 4.03. The van der Waals surface area contributed by atoms with Crippen molar-refractivity contribution in [1.82, 2.24) is 19.9 Å². The number of nitrogens with zero attached hydrogens (tertiary/aromatic N) is 7. The monoisotopic (exact) mass is 383 g/mol. The Hall–Kier alpha value is -2.48. The maximum absolute atomic E-state index is 9.91. The number of anilines is 3. The van der Waals surface area contributed by atoms with E-state index >= 15 is 0 Å². The van der Waals surface area contributed by atoms with Crippen molar-refractivity contribution in [2.24, 2.45) is 0 Å². The van der Waals surface area contributed by atoms with Gasteiger partial charge in [-0.2, -0.15) is 4.98 Å². The van der Waals surface area contributed by atoms with E-state index in [0.717, 1.165) is 80.1 Å². The second kappa shape index (κ2) is 7.50. The van der Waals surface area contributed by atoms with Gasteiger partial charge in [0.05, 0.1) is 23.2 Å². The molecular formula is C20H29N7O. The molecule has 0 bridgehead atoms. The molecule has 0 aromatic carbocycles. The largest absolute Gasteiger partial charge is 0.393 e. The Kier molecular flexibility index (Phi) is 5.05. The molecular weight excluding hydrogens is 354 g/mol. The Balaban J connectivity index is 1.72. The molecule has 0 spiro atoms. The lowest BCUT2D eigenvalue weighted by Crippen LogP contribution is -2.40. The van der Waals surface area contributed by atoms with Crippen molar-refractivity contribution in [3.8, 4) is 0 Å². The summed E-state index contributed by atoms with van der Waals surface area (Å²) in [6.45, 7) is 7.23. The van der Waals surface area contributed by atoms with Crippen LogP contribution in [0.2, 0.25) is 0 Å². The summed E-state index contributed by atoms with van der Waals surface area (Å²) in [5, 5.41) is 9.91. The fourth-order valence-corrected chi connectivity index (χ4v) is 3.93. The van der Waals surface area contributed by atoms with Gasteiger partial charge in [0.15, 0.2) is 5.82 Å². The Bertz CT molecular complexity index is 862. The average molecular weight is 384 g/mol. The number of fused-ring (bicyclic) bond motifs is 1. The molecule has 4 heterocycles. The molecule has 28 heavy (non-hydrogen) atoms. The molecule has 1 fully saturated rings. The molecule has 8 nitrogen and oxygen atoms in total. The molecule has 4 rings (SSSR count). The summed E-state index contributed by atoms with van der Waals surface area (Å²) >= 11 is 0. The minimum absolute atomic E-state index is 0.205. The summed E-state index contributed by atoms with van der Waals surface area (Å²) in [5.41, 5.74) is 4.17. The minimum Gasteiger partial charge on any atom is -0.393 e. The van der Waals surface area contributed by atoms with Gasteiger partial charge in [-0.05, 0) is 26.7 Å². The standard InChI is InChI=1S/C20H29N7O/c1-13-11-21-14(2)18(22-13)27-10-7-17-16(12-27)19(24-20(23-17)25(3)4)26-8-5-15(28)6-9-26/h11,15,28H,5-10,12H2,1-4H3. The predicted octanol–water partition coefficient (Wildman–Crippen LogP) is 1.47. The first-order valence-electron chi connectivity index (χ1n) is 9.97. The van der Waals surface area contributed by atoms with Crippen molar-refractivity contribution < 1.29 is 5.11 Å². The van der Waals surface area contributed by atoms with E-state index in [1.54, 1.807) is 0 Å². The fraction of sp³-hybridized carbons (Fsp3) is 0.600. The lowest BCUT2D eigenvalue weighted by atomic mass is 10.0. The number of hydrogen-bond donors (Lipinski definition) is 1. The van der Waals surface area contributed by atoms with Crippen LogP contribution in [0, 0.1) is 13.8 Å². The van der Waals surface area contributed by atoms with Crippen molar-refractivity contribution in [1.29, 1.82) is 0 Å². The van der Waals surface area contributed by atoms with Crippen molar-refractivity contribution in [2.75, 3.05) is 48.4 Å². The quantitative estimate of drug-likeness (QED) is 0.853. The van der Waals surface area contributed by atoms with Crippen molar-refractivity contribution in [3.63, 3.8) is 0 Å². The number of rotatable bonds is 3. The topological polar surface area (TPSA) is 81.5 Å². The lowest BCUT2D eigenvalue weighted by molar-refractivity contribution is 0.145. The van der Waals surface area contributed by atoms with Gasteiger partial charge < -0.3 is 19.8 Å². The highest BCUT2D eigenvalue weighted by molar-refractivity contribution is 5.57. The molecule has 0 radical (unpaired) electrons. The van der Waals surface area contributed by atoms with E-state index in [1.165, 1.54) is 5.56 Å². The highest BCUT2D eigenvalue weighted by Gasteiger charge is 2.29. The number of aliphatic hydroxyl groups is 1. The van der Waals surface area contributed by atoms with Gasteiger partial charge in [-0.25, -0.2) is 9.97 Å². The maximum atomic E-state index is 9.91. The molecule has 0 unspecified atom stereocenters. The van der Waals surface area contributed by atoms with Gasteiger partial charge in [0.2, 0.25) is 5.95 Å². The second-order valence-electron chi connectivity index (χ2n) is 7.98. The zero-order chi connectivity index (χ0) is 19.8. The fourth-order valence-electron chi connectivity index (χ4n) is 3.93. The van der Waals surface area contributed by atoms with Gasteiger partial charge in [0.25, 0.3) is 0 Å². The van der Waals surface area contributed by atoms with E-state index in [-0.39, 0.29) is 6.10 Å². The third-order valence-corrected chi connectivity index (χ3v) is 5.54. The Morgan fingerprint density at radius 2 is 1.75 bits per heavy atom. The molecule has 0 aliphatic carbocycles. The number of aromatic nitrogens is 4. The third-order valence-electron chi connectivity index (χ3n) is 5.54. The smallest absolute Gasteiger partial charge is 0.227 e. The van der Waals surface area contributed by atoms with Crippen LogP contribution in [-0.2, 0) is 13.0 Å². The number of aryl methyl sites for hydroxylation is 2. The third kappa shape index (κ3) is 3.61. The SMILES string of the molecule is Cc1cnc(C)c(N2CCc3nc(N(C)C)nc(N4CCC(O)CC4)c3C2)n1. The van der Waals surface area contributed by atoms with Gasteiger partial charge >= 0.3 is 0 Å². The number of piperidine rings is 1. The zero-order valence-electron chi connectivity index (χ0n) is 17.2. The van der Waals surface area contributed by atoms with E-state index in [1.807, 2.05) is 39.0 Å². The average Bonchev–Trinajstić information content (AvgIpc) is 2.69. The molecule has 2 aliphatic rings. The molecule has 0 saturated carbocycles. The van der Waals surface area contributed by atoms with E-state index in [4.69, 9.17) is 15.0 Å². The Morgan fingerprint density at radius 3 is 2.46 bits per heavy atom. The van der Waals surface area contributed by atoms with Gasteiger partial charge in [0, 0.05) is 58.5 Å². The zero-order valence-corrected chi connectivity index (χ0v) is 17.2. The summed E-state index contributed by atoms with van der Waals surface area (Å²) in [4.78, 5) is 25.5.